The van der Waals surface area contributed by atoms with Crippen LogP contribution in [0.15, 0.2) is 60.7 Å². The van der Waals surface area contributed by atoms with E-state index in [9.17, 15) is 9.59 Å². The molecule has 4 rings (SSSR count). The fourth-order valence-electron chi connectivity index (χ4n) is 4.45. The molecule has 1 atom stereocenters. The smallest absolute Gasteiger partial charge is 0.253 e. The highest BCUT2D eigenvalue weighted by molar-refractivity contribution is 5.94. The van der Waals surface area contributed by atoms with E-state index in [0.29, 0.717) is 24.6 Å². The molecule has 1 unspecified atom stereocenters. The summed E-state index contributed by atoms with van der Waals surface area (Å²) in [5.41, 5.74) is 1.72. The molecule has 168 valence electrons. The van der Waals surface area contributed by atoms with Crippen molar-refractivity contribution in [2.45, 2.75) is 32.1 Å². The zero-order valence-electron chi connectivity index (χ0n) is 18.6. The molecule has 2 aromatic rings. The second kappa shape index (κ2) is 11.0. The van der Waals surface area contributed by atoms with Crippen molar-refractivity contribution >= 4 is 17.9 Å². The normalized spacial score (nSPS) is 19.2. The number of hydrogen-bond donors (Lipinski definition) is 0. The number of carbonyl (C=O) groups is 2. The Hall–Kier alpha value is -3.08. The molecule has 2 heterocycles. The maximum absolute atomic E-state index is 12.8. The molecular weight excluding hydrogens is 400 g/mol. The number of rotatable bonds is 6. The Labute approximate surface area is 190 Å². The first kappa shape index (κ1) is 22.1. The molecule has 0 spiro atoms. The first-order chi connectivity index (χ1) is 15.7. The minimum absolute atomic E-state index is 0.0488. The van der Waals surface area contributed by atoms with E-state index in [1.165, 1.54) is 6.42 Å². The Bertz CT molecular complexity index is 935. The lowest BCUT2D eigenvalue weighted by molar-refractivity contribution is -0.127. The molecule has 0 N–H and O–H groups in total. The van der Waals surface area contributed by atoms with Crippen molar-refractivity contribution in [3.8, 4) is 5.75 Å². The number of likely N-dealkylation sites (tertiary alicyclic amines) is 2. The quantitative estimate of drug-likeness (QED) is 0.625. The lowest BCUT2D eigenvalue weighted by Crippen LogP contribution is -2.40. The molecule has 2 amide bonds. The summed E-state index contributed by atoms with van der Waals surface area (Å²) in [7, 11) is 0. The molecule has 5 heteroatoms. The third-order valence-corrected chi connectivity index (χ3v) is 6.26. The molecule has 32 heavy (non-hydrogen) atoms. The summed E-state index contributed by atoms with van der Waals surface area (Å²) < 4.78 is 6.05. The molecule has 2 aliphatic rings. The van der Waals surface area contributed by atoms with E-state index in [1.54, 1.807) is 6.08 Å². The number of benzene rings is 2. The van der Waals surface area contributed by atoms with Gasteiger partial charge in [-0.15, -0.1) is 0 Å². The first-order valence-electron chi connectivity index (χ1n) is 11.7. The molecule has 0 saturated carbocycles. The van der Waals surface area contributed by atoms with Crippen LogP contribution in [0, 0.1) is 5.92 Å². The second-order valence-corrected chi connectivity index (χ2v) is 8.73. The van der Waals surface area contributed by atoms with Crippen molar-refractivity contribution in [3.63, 3.8) is 0 Å². The van der Waals surface area contributed by atoms with Gasteiger partial charge in [-0.3, -0.25) is 9.59 Å². The number of nitrogens with zero attached hydrogens (tertiary/aromatic N) is 2. The molecule has 2 aliphatic heterocycles. The largest absolute Gasteiger partial charge is 0.493 e. The summed E-state index contributed by atoms with van der Waals surface area (Å²) in [6.07, 6.45) is 8.92. The molecule has 5 nitrogen and oxygen atoms in total. The summed E-state index contributed by atoms with van der Waals surface area (Å²) in [4.78, 5) is 29.2. The van der Waals surface area contributed by atoms with Crippen molar-refractivity contribution in [1.29, 1.82) is 0 Å². The van der Waals surface area contributed by atoms with E-state index in [4.69, 9.17) is 4.74 Å². The van der Waals surface area contributed by atoms with Gasteiger partial charge < -0.3 is 14.5 Å². The van der Waals surface area contributed by atoms with Gasteiger partial charge in [0.2, 0.25) is 5.91 Å². The van der Waals surface area contributed by atoms with Crippen LogP contribution in [0.3, 0.4) is 0 Å². The summed E-state index contributed by atoms with van der Waals surface area (Å²) in [5, 5.41) is 0. The lowest BCUT2D eigenvalue weighted by atomic mass is 9.99. The molecule has 2 saturated heterocycles. The van der Waals surface area contributed by atoms with Crippen LogP contribution in [0.2, 0.25) is 0 Å². The van der Waals surface area contributed by atoms with E-state index in [1.807, 2.05) is 70.5 Å². The SMILES string of the molecule is O=C(/C=C/c1ccccc1)N1CCCC(COc2cccc(C(=O)N3CCCCC3)c2)C1. The summed E-state index contributed by atoms with van der Waals surface area (Å²) in [6, 6.07) is 17.4. The predicted molar refractivity (Wildman–Crippen MR) is 126 cm³/mol. The Morgan fingerprint density at radius 3 is 2.50 bits per heavy atom. The Balaban J connectivity index is 1.29. The van der Waals surface area contributed by atoms with Crippen LogP contribution in [-0.4, -0.2) is 54.4 Å². The molecule has 0 bridgehead atoms. The summed E-state index contributed by atoms with van der Waals surface area (Å²) in [5.74, 6) is 1.15. The zero-order chi connectivity index (χ0) is 22.2. The van der Waals surface area contributed by atoms with Crippen LogP contribution in [0.5, 0.6) is 5.75 Å². The first-order valence-corrected chi connectivity index (χ1v) is 11.7. The topological polar surface area (TPSA) is 49.9 Å². The van der Waals surface area contributed by atoms with Crippen molar-refractivity contribution in [1.82, 2.24) is 9.80 Å². The van der Waals surface area contributed by atoms with Crippen LogP contribution >= 0.6 is 0 Å². The van der Waals surface area contributed by atoms with Crippen LogP contribution in [0.1, 0.15) is 48.0 Å². The van der Waals surface area contributed by atoms with Gasteiger partial charge >= 0.3 is 0 Å². The van der Waals surface area contributed by atoms with Gasteiger partial charge in [-0.2, -0.15) is 0 Å². The lowest BCUT2D eigenvalue weighted by Gasteiger charge is -2.32. The predicted octanol–water partition coefficient (Wildman–Crippen LogP) is 4.64. The van der Waals surface area contributed by atoms with Crippen LogP contribution in [0.25, 0.3) is 6.08 Å². The molecule has 0 aliphatic carbocycles. The van der Waals surface area contributed by atoms with Crippen molar-refractivity contribution in [3.05, 3.63) is 71.8 Å². The maximum atomic E-state index is 12.8. The van der Waals surface area contributed by atoms with Gasteiger partial charge in [0.1, 0.15) is 5.75 Å². The van der Waals surface area contributed by atoms with Crippen molar-refractivity contribution in [2.75, 3.05) is 32.8 Å². The van der Waals surface area contributed by atoms with E-state index < -0.39 is 0 Å². The highest BCUT2D eigenvalue weighted by Crippen LogP contribution is 2.21. The molecule has 2 fully saturated rings. The number of carbonyl (C=O) groups excluding carboxylic acids is 2. The fraction of sp³-hybridized carbons (Fsp3) is 0.407. The van der Waals surface area contributed by atoms with Crippen LogP contribution in [0.4, 0.5) is 0 Å². The number of hydrogen-bond acceptors (Lipinski definition) is 3. The van der Waals surface area contributed by atoms with E-state index >= 15 is 0 Å². The van der Waals surface area contributed by atoms with Crippen LogP contribution < -0.4 is 4.74 Å². The highest BCUT2D eigenvalue weighted by atomic mass is 16.5. The highest BCUT2D eigenvalue weighted by Gasteiger charge is 2.23. The number of amides is 2. The van der Waals surface area contributed by atoms with E-state index in [2.05, 4.69) is 0 Å². The van der Waals surface area contributed by atoms with Crippen molar-refractivity contribution < 1.29 is 14.3 Å². The standard InChI is InChI=1S/C27H32N2O3/c30-26(15-14-22-9-3-1-4-10-22)29-18-8-11-23(20-29)21-32-25-13-7-12-24(19-25)27(31)28-16-5-2-6-17-28/h1,3-4,7,9-10,12-15,19,23H,2,5-6,8,11,16-18,20-21H2/b15-14+. The minimum Gasteiger partial charge on any atom is -0.493 e. The monoisotopic (exact) mass is 432 g/mol. The fourth-order valence-corrected chi connectivity index (χ4v) is 4.45. The van der Waals surface area contributed by atoms with Gasteiger partial charge in [0.25, 0.3) is 5.91 Å². The molecule has 0 aromatic heterocycles. The van der Waals surface area contributed by atoms with Gasteiger partial charge in [0.05, 0.1) is 6.61 Å². The third-order valence-electron chi connectivity index (χ3n) is 6.26. The molecule has 0 radical (unpaired) electrons. The number of piperidine rings is 2. The third kappa shape index (κ3) is 6.00. The van der Waals surface area contributed by atoms with Gasteiger partial charge in [0.15, 0.2) is 0 Å². The van der Waals surface area contributed by atoms with Gasteiger partial charge in [-0.05, 0) is 61.9 Å². The van der Waals surface area contributed by atoms with Crippen LogP contribution in [-0.2, 0) is 4.79 Å². The summed E-state index contributed by atoms with van der Waals surface area (Å²) >= 11 is 0. The van der Waals surface area contributed by atoms with Gasteiger partial charge in [0, 0.05) is 43.7 Å². The Kier molecular flexibility index (Phi) is 7.59. The van der Waals surface area contributed by atoms with E-state index in [0.717, 1.165) is 56.6 Å². The van der Waals surface area contributed by atoms with Gasteiger partial charge in [-0.1, -0.05) is 36.4 Å². The van der Waals surface area contributed by atoms with Crippen molar-refractivity contribution in [2.24, 2.45) is 5.92 Å². The van der Waals surface area contributed by atoms with E-state index in [-0.39, 0.29) is 11.8 Å². The molecule has 2 aromatic carbocycles. The summed E-state index contributed by atoms with van der Waals surface area (Å²) in [6.45, 7) is 3.72. The zero-order valence-corrected chi connectivity index (χ0v) is 18.6. The minimum atomic E-state index is 0.0488. The maximum Gasteiger partial charge on any atom is 0.253 e. The Morgan fingerprint density at radius 1 is 0.906 bits per heavy atom. The number of ether oxygens (including phenoxy) is 1. The second-order valence-electron chi connectivity index (χ2n) is 8.73. The van der Waals surface area contributed by atoms with Gasteiger partial charge in [-0.25, -0.2) is 0 Å². The average Bonchev–Trinajstić information content (AvgIpc) is 2.87. The average molecular weight is 433 g/mol. The molecular formula is C27H32N2O3. The Morgan fingerprint density at radius 2 is 1.69 bits per heavy atom.